The molecule has 0 radical (unpaired) electrons. The molecule has 114 valence electrons. The zero-order valence-corrected chi connectivity index (χ0v) is 12.1. The second-order valence-electron chi connectivity index (χ2n) is 4.79. The highest BCUT2D eigenvalue weighted by molar-refractivity contribution is 5.95. The molecule has 3 rings (SSSR count). The molecule has 23 heavy (non-hydrogen) atoms. The zero-order valence-electron chi connectivity index (χ0n) is 12.1. The number of nitrogens with zero attached hydrogens (tertiary/aromatic N) is 5. The number of nitro groups is 1. The summed E-state index contributed by atoms with van der Waals surface area (Å²) < 4.78 is 0. The van der Waals surface area contributed by atoms with Crippen LogP contribution in [0.5, 0.6) is 0 Å². The largest absolute Gasteiger partial charge is 0.297 e. The number of aromatic nitrogens is 4. The highest BCUT2D eigenvalue weighted by atomic mass is 16.6. The van der Waals surface area contributed by atoms with Gasteiger partial charge in [-0.15, -0.1) is 15.0 Å². The molecule has 0 saturated heterocycles. The minimum Gasteiger partial charge on any atom is -0.295 e. The van der Waals surface area contributed by atoms with Crippen LogP contribution in [0.25, 0.3) is 17.1 Å². The Balaban J connectivity index is 2.07. The quantitative estimate of drug-likeness (QED) is 0.416. The van der Waals surface area contributed by atoms with Gasteiger partial charge in [-0.1, -0.05) is 30.3 Å². The van der Waals surface area contributed by atoms with Crippen molar-refractivity contribution in [2.24, 2.45) is 0 Å². The molecule has 0 aliphatic rings. The SMILES string of the molecule is CC(=O)c1ccc(-n2nnc(-c3ccccc3)n2)c([N+](=O)[O-])c1. The summed E-state index contributed by atoms with van der Waals surface area (Å²) in [6.45, 7) is 1.35. The highest BCUT2D eigenvalue weighted by Gasteiger charge is 2.20. The van der Waals surface area contributed by atoms with Crippen molar-refractivity contribution in [3.05, 3.63) is 64.2 Å². The fraction of sp³-hybridized carbons (Fsp3) is 0.0667. The lowest BCUT2D eigenvalue weighted by Crippen LogP contribution is -2.05. The van der Waals surface area contributed by atoms with Crippen molar-refractivity contribution in [2.45, 2.75) is 6.92 Å². The van der Waals surface area contributed by atoms with Gasteiger partial charge in [0.1, 0.15) is 0 Å². The van der Waals surface area contributed by atoms with Gasteiger partial charge in [0.25, 0.3) is 5.69 Å². The van der Waals surface area contributed by atoms with E-state index in [1.165, 1.54) is 25.1 Å². The molecule has 1 heterocycles. The van der Waals surface area contributed by atoms with Crippen LogP contribution in [-0.2, 0) is 0 Å². The van der Waals surface area contributed by atoms with E-state index in [1.807, 2.05) is 30.3 Å². The van der Waals surface area contributed by atoms with Crippen molar-refractivity contribution in [2.75, 3.05) is 0 Å². The summed E-state index contributed by atoms with van der Waals surface area (Å²) in [4.78, 5) is 23.1. The van der Waals surface area contributed by atoms with Gasteiger partial charge >= 0.3 is 0 Å². The monoisotopic (exact) mass is 309 g/mol. The van der Waals surface area contributed by atoms with E-state index in [1.54, 1.807) is 0 Å². The number of hydrogen-bond acceptors (Lipinski definition) is 6. The van der Waals surface area contributed by atoms with Crippen LogP contribution in [0.15, 0.2) is 48.5 Å². The first-order chi connectivity index (χ1) is 11.1. The van der Waals surface area contributed by atoms with Crippen molar-refractivity contribution >= 4 is 11.5 Å². The van der Waals surface area contributed by atoms with Crippen LogP contribution in [0.2, 0.25) is 0 Å². The molecule has 0 bridgehead atoms. The van der Waals surface area contributed by atoms with Gasteiger partial charge in [-0.25, -0.2) is 0 Å². The second kappa shape index (κ2) is 5.76. The smallest absolute Gasteiger partial charge is 0.295 e. The van der Waals surface area contributed by atoms with Gasteiger partial charge < -0.3 is 0 Å². The number of carbonyl (C=O) groups excluding carboxylic acids is 1. The van der Waals surface area contributed by atoms with E-state index in [0.29, 0.717) is 5.82 Å². The molecular weight excluding hydrogens is 298 g/mol. The second-order valence-corrected chi connectivity index (χ2v) is 4.79. The Labute approximate surface area is 130 Å². The number of Topliss-reactive ketones (excluding diaryl/α,β-unsaturated/α-hetero) is 1. The predicted molar refractivity (Wildman–Crippen MR) is 81.2 cm³/mol. The van der Waals surface area contributed by atoms with E-state index in [-0.39, 0.29) is 22.7 Å². The topological polar surface area (TPSA) is 104 Å². The summed E-state index contributed by atoms with van der Waals surface area (Å²) in [6.07, 6.45) is 0. The van der Waals surface area contributed by atoms with Crippen LogP contribution < -0.4 is 0 Å². The minimum atomic E-state index is -0.576. The summed E-state index contributed by atoms with van der Waals surface area (Å²) in [6, 6.07) is 13.3. The number of carbonyl (C=O) groups is 1. The van der Waals surface area contributed by atoms with Crippen LogP contribution in [0.1, 0.15) is 17.3 Å². The highest BCUT2D eigenvalue weighted by Crippen LogP contribution is 2.24. The maximum atomic E-state index is 11.4. The molecule has 0 atom stereocenters. The number of hydrogen-bond donors (Lipinski definition) is 0. The molecule has 0 aliphatic heterocycles. The minimum absolute atomic E-state index is 0.148. The molecular formula is C15H11N5O3. The maximum Gasteiger partial charge on any atom is 0.297 e. The molecule has 0 aliphatic carbocycles. The summed E-state index contributed by atoms with van der Waals surface area (Å²) in [7, 11) is 0. The molecule has 0 saturated carbocycles. The first-order valence-corrected chi connectivity index (χ1v) is 6.71. The fourth-order valence-electron chi connectivity index (χ4n) is 2.08. The Morgan fingerprint density at radius 3 is 2.57 bits per heavy atom. The third-order valence-corrected chi connectivity index (χ3v) is 3.24. The molecule has 3 aromatic rings. The molecule has 8 nitrogen and oxygen atoms in total. The van der Waals surface area contributed by atoms with Crippen LogP contribution >= 0.6 is 0 Å². The van der Waals surface area contributed by atoms with Gasteiger partial charge in [0.05, 0.1) is 4.92 Å². The normalized spacial score (nSPS) is 10.5. The lowest BCUT2D eigenvalue weighted by atomic mass is 10.1. The molecule has 8 heteroatoms. The van der Waals surface area contributed by atoms with Crippen LogP contribution in [-0.4, -0.2) is 30.9 Å². The van der Waals surface area contributed by atoms with Crippen molar-refractivity contribution in [1.29, 1.82) is 0 Å². The lowest BCUT2D eigenvalue weighted by Gasteiger charge is -2.02. The number of benzene rings is 2. The van der Waals surface area contributed by atoms with Gasteiger partial charge in [-0.2, -0.15) is 0 Å². The third-order valence-electron chi connectivity index (χ3n) is 3.24. The first-order valence-electron chi connectivity index (χ1n) is 6.71. The van der Waals surface area contributed by atoms with E-state index >= 15 is 0 Å². The number of nitro benzene ring substituents is 1. The summed E-state index contributed by atoms with van der Waals surface area (Å²) in [5.74, 6) is 0.103. The molecule has 0 unspecified atom stereocenters. The average molecular weight is 309 g/mol. The van der Waals surface area contributed by atoms with Crippen molar-refractivity contribution in [3.63, 3.8) is 0 Å². The average Bonchev–Trinajstić information content (AvgIpc) is 3.04. The van der Waals surface area contributed by atoms with Crippen LogP contribution in [0, 0.1) is 10.1 Å². The standard InChI is InChI=1S/C15H11N5O3/c1-10(21)12-7-8-13(14(9-12)20(22)23)19-17-15(16-18-19)11-5-3-2-4-6-11/h2-9H,1H3. The summed E-state index contributed by atoms with van der Waals surface area (Å²) in [5, 5.41) is 23.2. The van der Waals surface area contributed by atoms with E-state index in [2.05, 4.69) is 15.4 Å². The van der Waals surface area contributed by atoms with Crippen molar-refractivity contribution in [1.82, 2.24) is 20.2 Å². The van der Waals surface area contributed by atoms with Gasteiger partial charge in [0.15, 0.2) is 11.5 Å². The lowest BCUT2D eigenvalue weighted by molar-refractivity contribution is -0.384. The maximum absolute atomic E-state index is 11.4. The molecule has 0 fully saturated rings. The van der Waals surface area contributed by atoms with E-state index in [4.69, 9.17) is 0 Å². The Morgan fingerprint density at radius 1 is 1.17 bits per heavy atom. The zero-order chi connectivity index (χ0) is 16.4. The Morgan fingerprint density at radius 2 is 1.91 bits per heavy atom. The molecule has 2 aromatic carbocycles. The van der Waals surface area contributed by atoms with Gasteiger partial charge in [-0.3, -0.25) is 14.9 Å². The fourth-order valence-corrected chi connectivity index (χ4v) is 2.08. The van der Waals surface area contributed by atoms with Gasteiger partial charge in [0, 0.05) is 17.2 Å². The van der Waals surface area contributed by atoms with Crippen molar-refractivity contribution in [3.8, 4) is 17.1 Å². The number of ketones is 1. The third kappa shape index (κ3) is 2.82. The molecule has 0 N–H and O–H groups in total. The molecule has 0 amide bonds. The number of rotatable bonds is 4. The van der Waals surface area contributed by atoms with Gasteiger partial charge in [0.2, 0.25) is 5.82 Å². The first kappa shape index (κ1) is 14.5. The summed E-state index contributed by atoms with van der Waals surface area (Å²) >= 11 is 0. The Bertz CT molecular complexity index is 889. The number of tetrazole rings is 1. The summed E-state index contributed by atoms with van der Waals surface area (Å²) in [5.41, 5.74) is 0.898. The van der Waals surface area contributed by atoms with Crippen LogP contribution in [0.4, 0.5) is 5.69 Å². The van der Waals surface area contributed by atoms with E-state index < -0.39 is 4.92 Å². The van der Waals surface area contributed by atoms with Crippen LogP contribution in [0.3, 0.4) is 0 Å². The van der Waals surface area contributed by atoms with E-state index in [9.17, 15) is 14.9 Å². The Kier molecular flexibility index (Phi) is 3.63. The molecule has 0 spiro atoms. The van der Waals surface area contributed by atoms with E-state index in [0.717, 1.165) is 10.4 Å². The van der Waals surface area contributed by atoms with Gasteiger partial charge in [-0.05, 0) is 24.3 Å². The van der Waals surface area contributed by atoms with Crippen molar-refractivity contribution < 1.29 is 9.72 Å². The molecule has 1 aromatic heterocycles. The Hall–Kier alpha value is -3.42. The predicted octanol–water partition coefficient (Wildman–Crippen LogP) is 2.44.